The summed E-state index contributed by atoms with van der Waals surface area (Å²) in [7, 11) is 0. The van der Waals surface area contributed by atoms with Gasteiger partial charge >= 0.3 is 12.0 Å². The van der Waals surface area contributed by atoms with Crippen LogP contribution < -0.4 is 10.2 Å². The van der Waals surface area contributed by atoms with E-state index in [9.17, 15) is 14.7 Å². The summed E-state index contributed by atoms with van der Waals surface area (Å²) >= 11 is 0. The van der Waals surface area contributed by atoms with Crippen molar-refractivity contribution in [3.05, 3.63) is 29.8 Å². The maximum absolute atomic E-state index is 12.3. The molecule has 2 N–H and O–H groups in total. The molecule has 0 aliphatic heterocycles. The third kappa shape index (κ3) is 4.48. The molecule has 0 saturated heterocycles. The van der Waals surface area contributed by atoms with Gasteiger partial charge < -0.3 is 10.4 Å². The van der Waals surface area contributed by atoms with Crippen molar-refractivity contribution in [1.82, 2.24) is 5.32 Å². The van der Waals surface area contributed by atoms with Crippen LogP contribution in [0.5, 0.6) is 0 Å². The van der Waals surface area contributed by atoms with Crippen LogP contribution in [-0.4, -0.2) is 29.7 Å². The van der Waals surface area contributed by atoms with Crippen LogP contribution in [0.1, 0.15) is 32.8 Å². The number of benzene rings is 1. The molecule has 5 nitrogen and oxygen atoms in total. The van der Waals surface area contributed by atoms with Gasteiger partial charge in [-0.2, -0.15) is 0 Å². The fourth-order valence-electron chi connectivity index (χ4n) is 2.06. The molecule has 0 radical (unpaired) electrons. The lowest BCUT2D eigenvalue weighted by molar-refractivity contribution is -0.140. The smallest absolute Gasteiger partial charge is 0.326 e. The van der Waals surface area contributed by atoms with Gasteiger partial charge in [0.15, 0.2) is 0 Å². The van der Waals surface area contributed by atoms with E-state index in [0.717, 1.165) is 11.3 Å². The summed E-state index contributed by atoms with van der Waals surface area (Å²) < 4.78 is 0. The van der Waals surface area contributed by atoms with Crippen LogP contribution in [0.3, 0.4) is 0 Å². The third-order valence-corrected chi connectivity index (χ3v) is 3.67. The Hall–Kier alpha value is -2.04. The highest BCUT2D eigenvalue weighted by Gasteiger charge is 2.27. The van der Waals surface area contributed by atoms with E-state index in [0.29, 0.717) is 13.0 Å². The van der Waals surface area contributed by atoms with Gasteiger partial charge in [-0.3, -0.25) is 4.90 Å². The van der Waals surface area contributed by atoms with Gasteiger partial charge in [-0.15, -0.1) is 0 Å². The Morgan fingerprint density at radius 2 is 1.81 bits per heavy atom. The first-order chi connectivity index (χ1) is 9.90. The second-order valence-electron chi connectivity index (χ2n) is 5.23. The molecule has 1 unspecified atom stereocenters. The number of hydrogen-bond donors (Lipinski definition) is 2. The number of hydrogen-bond acceptors (Lipinski definition) is 2. The number of urea groups is 1. The minimum Gasteiger partial charge on any atom is -0.480 e. The summed E-state index contributed by atoms with van der Waals surface area (Å²) in [5.41, 5.74) is 1.87. The summed E-state index contributed by atoms with van der Waals surface area (Å²) in [6.45, 7) is 8.04. The minimum atomic E-state index is -1.00. The Morgan fingerprint density at radius 3 is 2.24 bits per heavy atom. The summed E-state index contributed by atoms with van der Waals surface area (Å²) in [6.07, 6.45) is 0.688. The zero-order chi connectivity index (χ0) is 16.0. The number of carbonyl (C=O) groups is 2. The molecular formula is C16H24N2O3. The van der Waals surface area contributed by atoms with Crippen LogP contribution in [-0.2, 0) is 4.79 Å². The molecule has 0 aliphatic carbocycles. The third-order valence-electron chi connectivity index (χ3n) is 3.67. The quantitative estimate of drug-likeness (QED) is 0.846. The molecular weight excluding hydrogens is 268 g/mol. The standard InChI is InChI=1S/C16H24N2O3/c1-5-12(4)14(15(19)20)17-16(21)18(6-2)13-9-7-11(3)8-10-13/h7-10,12,14H,5-6H2,1-4H3,(H,17,21)(H,19,20)/t12?,14-/m0/s1. The second kappa shape index (κ2) is 7.67. The van der Waals surface area contributed by atoms with E-state index in [1.54, 1.807) is 0 Å². The Morgan fingerprint density at radius 1 is 1.24 bits per heavy atom. The molecule has 1 rings (SSSR count). The predicted molar refractivity (Wildman–Crippen MR) is 83.6 cm³/mol. The van der Waals surface area contributed by atoms with E-state index in [1.165, 1.54) is 4.90 Å². The maximum atomic E-state index is 12.3. The molecule has 21 heavy (non-hydrogen) atoms. The van der Waals surface area contributed by atoms with Gasteiger partial charge in [-0.1, -0.05) is 38.0 Å². The highest BCUT2D eigenvalue weighted by atomic mass is 16.4. The molecule has 0 saturated carbocycles. The van der Waals surface area contributed by atoms with Crippen molar-refractivity contribution < 1.29 is 14.7 Å². The van der Waals surface area contributed by atoms with Gasteiger partial charge in [-0.05, 0) is 31.9 Å². The van der Waals surface area contributed by atoms with Gasteiger partial charge in [0.1, 0.15) is 6.04 Å². The average molecular weight is 292 g/mol. The van der Waals surface area contributed by atoms with Crippen LogP contribution in [0.2, 0.25) is 0 Å². The lowest BCUT2D eigenvalue weighted by atomic mass is 9.99. The van der Waals surface area contributed by atoms with Crippen molar-refractivity contribution in [2.45, 2.75) is 40.2 Å². The van der Waals surface area contributed by atoms with Gasteiger partial charge in [0, 0.05) is 12.2 Å². The lowest BCUT2D eigenvalue weighted by Crippen LogP contribution is -2.50. The first kappa shape index (κ1) is 17.0. The van der Waals surface area contributed by atoms with E-state index < -0.39 is 12.0 Å². The average Bonchev–Trinajstić information content (AvgIpc) is 2.46. The molecule has 0 bridgehead atoms. The lowest BCUT2D eigenvalue weighted by Gasteiger charge is -2.26. The molecule has 0 heterocycles. The molecule has 2 atom stereocenters. The zero-order valence-electron chi connectivity index (χ0n) is 13.1. The minimum absolute atomic E-state index is 0.122. The fourth-order valence-corrected chi connectivity index (χ4v) is 2.06. The Labute approximate surface area is 126 Å². The van der Waals surface area contributed by atoms with Crippen molar-refractivity contribution in [1.29, 1.82) is 0 Å². The van der Waals surface area contributed by atoms with Gasteiger partial charge in [0.2, 0.25) is 0 Å². The number of nitrogens with zero attached hydrogens (tertiary/aromatic N) is 1. The van der Waals surface area contributed by atoms with E-state index in [2.05, 4.69) is 5.32 Å². The van der Waals surface area contributed by atoms with Crippen LogP contribution in [0, 0.1) is 12.8 Å². The van der Waals surface area contributed by atoms with Crippen molar-refractivity contribution in [2.75, 3.05) is 11.4 Å². The second-order valence-corrected chi connectivity index (χ2v) is 5.23. The van der Waals surface area contributed by atoms with E-state index >= 15 is 0 Å². The fraction of sp³-hybridized carbons (Fsp3) is 0.500. The summed E-state index contributed by atoms with van der Waals surface area (Å²) in [5.74, 6) is -1.12. The Bertz CT molecular complexity index is 485. The SMILES string of the molecule is CCC(C)[C@H](NC(=O)N(CC)c1ccc(C)cc1)C(=O)O. The number of rotatable bonds is 6. The van der Waals surface area contributed by atoms with Crippen molar-refractivity contribution in [3.8, 4) is 0 Å². The topological polar surface area (TPSA) is 69.6 Å². The normalized spacial score (nSPS) is 13.3. The number of carbonyl (C=O) groups excluding carboxylic acids is 1. The van der Waals surface area contributed by atoms with E-state index in [1.807, 2.05) is 52.0 Å². The van der Waals surface area contributed by atoms with E-state index in [-0.39, 0.29) is 11.9 Å². The summed E-state index contributed by atoms with van der Waals surface area (Å²) in [6, 6.07) is 6.31. The largest absolute Gasteiger partial charge is 0.480 e. The van der Waals surface area contributed by atoms with Crippen molar-refractivity contribution in [2.24, 2.45) is 5.92 Å². The first-order valence-corrected chi connectivity index (χ1v) is 7.28. The number of aliphatic carboxylic acids is 1. The number of nitrogens with one attached hydrogen (secondary N) is 1. The van der Waals surface area contributed by atoms with Crippen LogP contribution in [0.25, 0.3) is 0 Å². The number of aryl methyl sites for hydroxylation is 1. The monoisotopic (exact) mass is 292 g/mol. The molecule has 0 spiro atoms. The number of carboxylic acid groups (broad SMARTS) is 1. The van der Waals surface area contributed by atoms with Crippen molar-refractivity contribution >= 4 is 17.7 Å². The summed E-state index contributed by atoms with van der Waals surface area (Å²) in [5, 5.41) is 11.9. The summed E-state index contributed by atoms with van der Waals surface area (Å²) in [4.78, 5) is 25.2. The molecule has 116 valence electrons. The van der Waals surface area contributed by atoms with Crippen LogP contribution in [0.4, 0.5) is 10.5 Å². The number of anilines is 1. The molecule has 0 aromatic heterocycles. The molecule has 1 aromatic rings. The highest BCUT2D eigenvalue weighted by molar-refractivity contribution is 5.94. The van der Waals surface area contributed by atoms with Gasteiger partial charge in [0.05, 0.1) is 0 Å². The molecule has 0 fully saturated rings. The zero-order valence-corrected chi connectivity index (χ0v) is 13.1. The van der Waals surface area contributed by atoms with Gasteiger partial charge in [0.25, 0.3) is 0 Å². The highest BCUT2D eigenvalue weighted by Crippen LogP contribution is 2.16. The first-order valence-electron chi connectivity index (χ1n) is 7.28. The molecule has 5 heteroatoms. The Kier molecular flexibility index (Phi) is 6.21. The van der Waals surface area contributed by atoms with Crippen LogP contribution >= 0.6 is 0 Å². The van der Waals surface area contributed by atoms with Crippen LogP contribution in [0.15, 0.2) is 24.3 Å². The molecule has 2 amide bonds. The van der Waals surface area contributed by atoms with Gasteiger partial charge in [-0.25, -0.2) is 9.59 Å². The predicted octanol–water partition coefficient (Wildman–Crippen LogP) is 3.03. The van der Waals surface area contributed by atoms with Crippen molar-refractivity contribution in [3.63, 3.8) is 0 Å². The van der Waals surface area contributed by atoms with E-state index in [4.69, 9.17) is 0 Å². The number of amides is 2. The Balaban J connectivity index is 2.88. The molecule has 0 aliphatic rings. The molecule has 1 aromatic carbocycles. The maximum Gasteiger partial charge on any atom is 0.326 e. The number of carboxylic acids is 1.